The summed E-state index contributed by atoms with van der Waals surface area (Å²) in [6.45, 7) is 4.46. The Kier molecular flexibility index (Phi) is 7.37. The van der Waals surface area contributed by atoms with E-state index in [1.54, 1.807) is 24.6 Å². The average Bonchev–Trinajstić information content (AvgIpc) is 3.59. The number of likely N-dealkylation sites (N-methyl/N-ethyl adjacent to an activating group) is 1. The van der Waals surface area contributed by atoms with Crippen molar-refractivity contribution in [2.24, 2.45) is 7.05 Å². The summed E-state index contributed by atoms with van der Waals surface area (Å²) < 4.78 is 9.07. The second kappa shape index (κ2) is 11.4. The minimum Gasteiger partial charge on any atom is -0.461 e. The summed E-state index contributed by atoms with van der Waals surface area (Å²) in [5.41, 5.74) is 6.92. The lowest BCUT2D eigenvalue weighted by molar-refractivity contribution is -0.142. The number of fused-ring (bicyclic) bond motifs is 4. The molecule has 0 radical (unpaired) electrons. The fraction of sp³-hybridized carbons (Fsp3) is 0.394. The van der Waals surface area contributed by atoms with E-state index in [4.69, 9.17) is 4.74 Å². The predicted molar refractivity (Wildman–Crippen MR) is 171 cm³/mol. The Hall–Kier alpha value is -4.22. The lowest BCUT2D eigenvalue weighted by atomic mass is 9.91. The lowest BCUT2D eigenvalue weighted by Gasteiger charge is -2.30. The number of pyridine rings is 1. The van der Waals surface area contributed by atoms with E-state index in [0.717, 1.165) is 71.8 Å². The maximum Gasteiger partial charge on any atom is 0.302 e. The van der Waals surface area contributed by atoms with Gasteiger partial charge in [-0.3, -0.25) is 24.0 Å². The molecule has 3 aromatic heterocycles. The monoisotopic (exact) mass is 612 g/mol. The molecule has 0 saturated carbocycles. The Morgan fingerprint density at radius 3 is 2.73 bits per heavy atom. The van der Waals surface area contributed by atoms with Crippen molar-refractivity contribution in [2.45, 2.75) is 58.7 Å². The van der Waals surface area contributed by atoms with E-state index >= 15 is 0 Å². The van der Waals surface area contributed by atoms with Crippen molar-refractivity contribution in [3.05, 3.63) is 79.0 Å². The van der Waals surface area contributed by atoms with Gasteiger partial charge >= 0.3 is 5.97 Å². The zero-order valence-electron chi connectivity index (χ0n) is 25.3. The van der Waals surface area contributed by atoms with E-state index in [-0.39, 0.29) is 18.1 Å². The van der Waals surface area contributed by atoms with Crippen molar-refractivity contribution >= 4 is 40.4 Å². The quantitative estimate of drug-likeness (QED) is 0.317. The highest BCUT2D eigenvalue weighted by Crippen LogP contribution is 2.40. The number of thiophene rings is 1. The molecule has 4 aromatic rings. The molecule has 7 rings (SSSR count). The molecule has 0 fully saturated rings. The maximum atomic E-state index is 14.0. The highest BCUT2D eigenvalue weighted by molar-refractivity contribution is 7.14. The fourth-order valence-corrected chi connectivity index (χ4v) is 8.10. The number of anilines is 3. The summed E-state index contributed by atoms with van der Waals surface area (Å²) in [5, 5.41) is 7.93. The molecule has 1 aliphatic carbocycles. The van der Waals surface area contributed by atoms with Crippen LogP contribution < -0.4 is 15.8 Å². The molecule has 44 heavy (non-hydrogen) atoms. The van der Waals surface area contributed by atoms with Gasteiger partial charge in [0.25, 0.3) is 11.5 Å². The van der Waals surface area contributed by atoms with Gasteiger partial charge in [-0.1, -0.05) is 12.1 Å². The first kappa shape index (κ1) is 28.5. The van der Waals surface area contributed by atoms with Crippen molar-refractivity contribution in [2.75, 3.05) is 30.4 Å². The van der Waals surface area contributed by atoms with Gasteiger partial charge < -0.3 is 19.5 Å². The van der Waals surface area contributed by atoms with Crippen molar-refractivity contribution in [1.29, 1.82) is 0 Å². The van der Waals surface area contributed by atoms with Crippen LogP contribution in [0.25, 0.3) is 11.1 Å². The Morgan fingerprint density at radius 1 is 1.05 bits per heavy atom. The highest BCUT2D eigenvalue weighted by Gasteiger charge is 2.33. The van der Waals surface area contributed by atoms with Crippen LogP contribution in [0.2, 0.25) is 0 Å². The summed E-state index contributed by atoms with van der Waals surface area (Å²) in [6, 6.07) is 9.58. The van der Waals surface area contributed by atoms with Gasteiger partial charge in [-0.2, -0.15) is 5.10 Å². The van der Waals surface area contributed by atoms with Crippen molar-refractivity contribution in [3.8, 4) is 11.1 Å². The minimum atomic E-state index is -0.402. The van der Waals surface area contributed by atoms with Crippen LogP contribution in [0.3, 0.4) is 0 Å². The van der Waals surface area contributed by atoms with E-state index in [1.807, 2.05) is 39.9 Å². The number of ether oxygens (including phenoxy) is 1. The van der Waals surface area contributed by atoms with Crippen LogP contribution in [0.4, 0.5) is 17.2 Å². The third-order valence-electron chi connectivity index (χ3n) is 8.91. The third kappa shape index (κ3) is 5.13. The number of hydrogen-bond donors (Lipinski definition) is 1. The van der Waals surface area contributed by atoms with Crippen LogP contribution in [0.5, 0.6) is 0 Å². The van der Waals surface area contributed by atoms with Gasteiger partial charge in [0.15, 0.2) is 5.82 Å². The molecule has 0 spiro atoms. The van der Waals surface area contributed by atoms with E-state index in [1.165, 1.54) is 40.3 Å². The standard InChI is InChI=1S/C33H36N6O4S/c1-20(40)43-19-26-23(8-6-9-28(26)38-12-11-25-24-7-4-5-10-29(24)44-31(25)33(38)42)21-15-27(32(41)37(3)17-21)34-30-16-22-18-36(2)13-14-39(22)35-30/h6,8-9,15-17H,4-5,7,10-14,18-19H2,1-3H3,(H,34,35). The molecule has 0 saturated heterocycles. The van der Waals surface area contributed by atoms with Gasteiger partial charge in [-0.15, -0.1) is 11.3 Å². The van der Waals surface area contributed by atoms with Crippen LogP contribution in [0.1, 0.15) is 56.7 Å². The molecule has 2 aliphatic heterocycles. The van der Waals surface area contributed by atoms with Crippen molar-refractivity contribution in [3.63, 3.8) is 0 Å². The number of nitrogens with zero attached hydrogens (tertiary/aromatic N) is 5. The van der Waals surface area contributed by atoms with Crippen LogP contribution in [-0.4, -0.2) is 51.3 Å². The molecule has 10 nitrogen and oxygen atoms in total. The van der Waals surface area contributed by atoms with Gasteiger partial charge in [-0.05, 0) is 68.0 Å². The van der Waals surface area contributed by atoms with E-state index in [2.05, 4.69) is 22.4 Å². The number of rotatable bonds is 6. The zero-order chi connectivity index (χ0) is 30.5. The van der Waals surface area contributed by atoms with Crippen LogP contribution in [0, 0.1) is 0 Å². The second-order valence-corrected chi connectivity index (χ2v) is 13.1. The molecule has 1 aromatic carbocycles. The Morgan fingerprint density at radius 2 is 1.89 bits per heavy atom. The molecular weight excluding hydrogens is 576 g/mol. The number of aromatic nitrogens is 3. The van der Waals surface area contributed by atoms with Crippen molar-refractivity contribution < 1.29 is 14.3 Å². The Labute approximate surface area is 259 Å². The van der Waals surface area contributed by atoms with Gasteiger partial charge in [-0.25, -0.2) is 0 Å². The normalized spacial score (nSPS) is 16.3. The topological polar surface area (TPSA) is 102 Å². The van der Waals surface area contributed by atoms with Gasteiger partial charge in [0.05, 0.1) is 22.8 Å². The molecule has 228 valence electrons. The molecule has 3 aliphatic rings. The summed E-state index contributed by atoms with van der Waals surface area (Å²) in [7, 11) is 3.79. The molecule has 1 amide bonds. The largest absolute Gasteiger partial charge is 0.461 e. The second-order valence-electron chi connectivity index (χ2n) is 12.0. The lowest BCUT2D eigenvalue weighted by Crippen LogP contribution is -2.37. The first-order valence-corrected chi connectivity index (χ1v) is 16.0. The van der Waals surface area contributed by atoms with Crippen molar-refractivity contribution in [1.82, 2.24) is 19.2 Å². The number of aryl methyl sites for hydroxylation is 2. The molecule has 1 N–H and O–H groups in total. The number of amides is 1. The Bertz CT molecular complexity index is 1850. The number of esters is 1. The Balaban J connectivity index is 1.27. The average molecular weight is 613 g/mol. The third-order valence-corrected chi connectivity index (χ3v) is 10.2. The SMILES string of the molecule is CC(=O)OCc1c(-c2cc(Nc3cc4n(n3)CCN(C)C4)c(=O)n(C)c2)cccc1N1CCc2c(sc3c2CCCC3)C1=O. The van der Waals surface area contributed by atoms with E-state index < -0.39 is 5.97 Å². The first-order valence-electron chi connectivity index (χ1n) is 15.2. The summed E-state index contributed by atoms with van der Waals surface area (Å²) in [5.74, 6) is 0.219. The van der Waals surface area contributed by atoms with Crippen LogP contribution in [-0.2, 0) is 55.5 Å². The van der Waals surface area contributed by atoms with E-state index in [9.17, 15) is 14.4 Å². The molecule has 11 heteroatoms. The van der Waals surface area contributed by atoms with E-state index in [0.29, 0.717) is 18.1 Å². The highest BCUT2D eigenvalue weighted by atomic mass is 32.1. The van der Waals surface area contributed by atoms with Gasteiger partial charge in [0.2, 0.25) is 0 Å². The van der Waals surface area contributed by atoms with Gasteiger partial charge in [0, 0.05) is 61.9 Å². The number of nitrogens with one attached hydrogen (secondary N) is 1. The fourth-order valence-electron chi connectivity index (χ4n) is 6.71. The number of carbonyl (C=O) groups excluding carboxylic acids is 2. The number of hydrogen-bond acceptors (Lipinski definition) is 8. The molecular formula is C33H36N6O4S. The summed E-state index contributed by atoms with van der Waals surface area (Å²) in [6.07, 6.45) is 7.05. The summed E-state index contributed by atoms with van der Waals surface area (Å²) in [4.78, 5) is 45.5. The van der Waals surface area contributed by atoms with Crippen LogP contribution >= 0.6 is 11.3 Å². The first-order chi connectivity index (χ1) is 21.3. The zero-order valence-corrected chi connectivity index (χ0v) is 26.1. The molecule has 0 bridgehead atoms. The number of carbonyl (C=O) groups is 2. The molecule has 0 atom stereocenters. The summed E-state index contributed by atoms with van der Waals surface area (Å²) >= 11 is 1.65. The minimum absolute atomic E-state index is 0.00378. The molecule has 0 unspecified atom stereocenters. The molecule has 5 heterocycles. The predicted octanol–water partition coefficient (Wildman–Crippen LogP) is 4.64. The number of benzene rings is 1. The van der Waals surface area contributed by atoms with Gasteiger partial charge in [0.1, 0.15) is 12.3 Å². The maximum absolute atomic E-state index is 14.0. The van der Waals surface area contributed by atoms with Crippen LogP contribution in [0.15, 0.2) is 41.3 Å². The smallest absolute Gasteiger partial charge is 0.302 e.